The van der Waals surface area contributed by atoms with E-state index in [0.29, 0.717) is 15.9 Å². The Morgan fingerprint density at radius 2 is 1.62 bits per heavy atom. The van der Waals surface area contributed by atoms with Gasteiger partial charge in [-0.2, -0.15) is 0 Å². The van der Waals surface area contributed by atoms with Gasteiger partial charge < -0.3 is 5.11 Å². The summed E-state index contributed by atoms with van der Waals surface area (Å²) in [4.78, 5) is 18.3. The minimum Gasteiger partial charge on any atom is -0.386 e. The van der Waals surface area contributed by atoms with Crippen LogP contribution in [0.25, 0.3) is 0 Å². The fourth-order valence-electron chi connectivity index (χ4n) is 1.40. The zero-order valence-electron chi connectivity index (χ0n) is 12.0. The zero-order valence-corrected chi connectivity index (χ0v) is 13.5. The second-order valence-corrected chi connectivity index (χ2v) is 5.62. The Hall–Kier alpha value is -1.49. The second-order valence-electron chi connectivity index (χ2n) is 4.85. The number of rotatable bonds is 2. The topological polar surface area (TPSA) is 63.1 Å². The molecule has 0 atom stereocenters. The van der Waals surface area contributed by atoms with Gasteiger partial charge in [-0.05, 0) is 50.6 Å². The first-order valence-corrected chi connectivity index (χ1v) is 6.92. The van der Waals surface area contributed by atoms with Crippen LogP contribution in [0.15, 0.2) is 36.7 Å². The summed E-state index contributed by atoms with van der Waals surface area (Å²) in [5.74, 6) is 0.00398. The van der Waals surface area contributed by atoms with E-state index in [1.165, 1.54) is 13.1 Å². The second kappa shape index (κ2) is 7.50. The lowest BCUT2D eigenvalue weighted by Crippen LogP contribution is -2.15. The van der Waals surface area contributed by atoms with E-state index in [1.54, 1.807) is 44.3 Å². The van der Waals surface area contributed by atoms with Gasteiger partial charge in [0.2, 0.25) is 0 Å². The van der Waals surface area contributed by atoms with Gasteiger partial charge in [0, 0.05) is 18.0 Å². The summed E-state index contributed by atoms with van der Waals surface area (Å²) in [6, 6.07) is 6.57. The third-order valence-electron chi connectivity index (χ3n) is 2.57. The molecular weight excluding hydrogens is 311 g/mol. The fraction of sp³-hybridized carbons (Fsp3) is 0.267. The molecule has 0 saturated heterocycles. The number of aliphatic hydroxyl groups is 1. The van der Waals surface area contributed by atoms with E-state index >= 15 is 0 Å². The molecule has 0 radical (unpaired) electrons. The summed E-state index contributed by atoms with van der Waals surface area (Å²) in [6.07, 6.45) is 3.09. The van der Waals surface area contributed by atoms with E-state index in [2.05, 4.69) is 9.97 Å². The van der Waals surface area contributed by atoms with Crippen LogP contribution in [0.2, 0.25) is 10.3 Å². The molecule has 0 unspecified atom stereocenters. The van der Waals surface area contributed by atoms with Crippen LogP contribution in [-0.4, -0.2) is 20.9 Å². The third-order valence-corrected chi connectivity index (χ3v) is 2.98. The SMILES string of the molecule is CC(=O)c1ccnc(Cl)c1.CC(C)(O)c1ccnc(Cl)c1. The van der Waals surface area contributed by atoms with Crippen molar-refractivity contribution in [2.75, 3.05) is 0 Å². The maximum Gasteiger partial charge on any atom is 0.159 e. The van der Waals surface area contributed by atoms with Gasteiger partial charge in [0.15, 0.2) is 5.78 Å². The monoisotopic (exact) mass is 326 g/mol. The minimum atomic E-state index is -0.841. The van der Waals surface area contributed by atoms with E-state index in [4.69, 9.17) is 23.2 Å². The number of nitrogens with zero attached hydrogens (tertiary/aromatic N) is 2. The Bertz CT molecular complexity index is 625. The summed E-state index contributed by atoms with van der Waals surface area (Å²) in [6.45, 7) is 4.91. The predicted octanol–water partition coefficient (Wildman–Crippen LogP) is 3.90. The van der Waals surface area contributed by atoms with Gasteiger partial charge >= 0.3 is 0 Å². The smallest absolute Gasteiger partial charge is 0.159 e. The molecule has 0 saturated carbocycles. The number of aromatic nitrogens is 2. The van der Waals surface area contributed by atoms with Crippen LogP contribution in [0.3, 0.4) is 0 Å². The van der Waals surface area contributed by atoms with Gasteiger partial charge in [0.1, 0.15) is 10.3 Å². The van der Waals surface area contributed by atoms with Crippen LogP contribution < -0.4 is 0 Å². The number of carbonyl (C=O) groups is 1. The number of Topliss-reactive ketones (excluding diaryl/α,β-unsaturated/α-hetero) is 1. The lowest BCUT2D eigenvalue weighted by Gasteiger charge is -2.16. The molecule has 2 aromatic heterocycles. The molecule has 2 rings (SSSR count). The molecular formula is C15H16Cl2N2O2. The lowest BCUT2D eigenvalue weighted by atomic mass is 10.0. The highest BCUT2D eigenvalue weighted by molar-refractivity contribution is 6.29. The zero-order chi connectivity index (χ0) is 16.0. The van der Waals surface area contributed by atoms with Crippen LogP contribution in [0.1, 0.15) is 36.7 Å². The molecule has 0 fully saturated rings. The van der Waals surface area contributed by atoms with Crippen molar-refractivity contribution in [1.29, 1.82) is 0 Å². The van der Waals surface area contributed by atoms with Crippen molar-refractivity contribution in [3.05, 3.63) is 58.1 Å². The standard InChI is InChI=1S/C8H10ClNO.C7H6ClNO/c1-8(2,11)6-3-4-10-7(9)5-6;1-5(10)6-2-3-9-7(8)4-6/h3-5,11H,1-2H3;2-4H,1H3. The molecule has 0 aromatic carbocycles. The highest BCUT2D eigenvalue weighted by Gasteiger charge is 2.15. The molecule has 0 aliphatic carbocycles. The first kappa shape index (κ1) is 17.6. The molecule has 1 N–H and O–H groups in total. The number of hydrogen-bond acceptors (Lipinski definition) is 4. The fourth-order valence-corrected chi connectivity index (χ4v) is 1.75. The summed E-state index contributed by atoms with van der Waals surface area (Å²) in [5.41, 5.74) is 0.532. The Morgan fingerprint density at radius 3 is 1.95 bits per heavy atom. The van der Waals surface area contributed by atoms with Crippen molar-refractivity contribution in [2.24, 2.45) is 0 Å². The maximum atomic E-state index is 10.7. The molecule has 2 aromatic rings. The summed E-state index contributed by atoms with van der Waals surface area (Å²) in [5, 5.41) is 10.3. The van der Waals surface area contributed by atoms with Crippen LogP contribution in [0.4, 0.5) is 0 Å². The van der Waals surface area contributed by atoms with Gasteiger partial charge in [-0.3, -0.25) is 4.79 Å². The Labute approximate surface area is 133 Å². The molecule has 0 bridgehead atoms. The van der Waals surface area contributed by atoms with Crippen molar-refractivity contribution in [2.45, 2.75) is 26.4 Å². The Balaban J connectivity index is 0.000000211. The highest BCUT2D eigenvalue weighted by Crippen LogP contribution is 2.20. The van der Waals surface area contributed by atoms with Crippen molar-refractivity contribution in [1.82, 2.24) is 9.97 Å². The van der Waals surface area contributed by atoms with Crippen LogP contribution in [0, 0.1) is 0 Å². The molecule has 21 heavy (non-hydrogen) atoms. The molecule has 0 aliphatic rings. The van der Waals surface area contributed by atoms with E-state index in [9.17, 15) is 9.90 Å². The molecule has 0 spiro atoms. The first-order chi connectivity index (χ1) is 9.70. The summed E-state index contributed by atoms with van der Waals surface area (Å²) < 4.78 is 0. The quantitative estimate of drug-likeness (QED) is 0.671. The molecule has 0 amide bonds. The number of carbonyl (C=O) groups excluding carboxylic acids is 1. The normalized spacial score (nSPS) is 10.6. The third kappa shape index (κ3) is 6.21. The average molecular weight is 327 g/mol. The van der Waals surface area contributed by atoms with Crippen molar-refractivity contribution < 1.29 is 9.90 Å². The Morgan fingerprint density at radius 1 is 1.10 bits per heavy atom. The molecule has 2 heterocycles. The summed E-state index contributed by atoms with van der Waals surface area (Å²) >= 11 is 11.2. The summed E-state index contributed by atoms with van der Waals surface area (Å²) in [7, 11) is 0. The largest absolute Gasteiger partial charge is 0.386 e. The molecule has 4 nitrogen and oxygen atoms in total. The average Bonchev–Trinajstić information content (AvgIpc) is 2.38. The van der Waals surface area contributed by atoms with Gasteiger partial charge in [-0.25, -0.2) is 9.97 Å². The van der Waals surface area contributed by atoms with E-state index in [-0.39, 0.29) is 5.78 Å². The van der Waals surface area contributed by atoms with Gasteiger partial charge in [-0.1, -0.05) is 23.2 Å². The highest BCUT2D eigenvalue weighted by atomic mass is 35.5. The number of hydrogen-bond donors (Lipinski definition) is 1. The number of ketones is 1. The number of pyridine rings is 2. The molecule has 0 aliphatic heterocycles. The van der Waals surface area contributed by atoms with Crippen molar-refractivity contribution >= 4 is 29.0 Å². The lowest BCUT2D eigenvalue weighted by molar-refractivity contribution is 0.0785. The van der Waals surface area contributed by atoms with Crippen molar-refractivity contribution in [3.63, 3.8) is 0 Å². The maximum absolute atomic E-state index is 10.7. The number of halogens is 2. The van der Waals surface area contributed by atoms with E-state index in [0.717, 1.165) is 5.56 Å². The van der Waals surface area contributed by atoms with Gasteiger partial charge in [0.05, 0.1) is 5.60 Å². The predicted molar refractivity (Wildman–Crippen MR) is 83.7 cm³/mol. The van der Waals surface area contributed by atoms with Crippen LogP contribution in [0.5, 0.6) is 0 Å². The van der Waals surface area contributed by atoms with Crippen molar-refractivity contribution in [3.8, 4) is 0 Å². The van der Waals surface area contributed by atoms with Gasteiger partial charge in [0.25, 0.3) is 0 Å². The van der Waals surface area contributed by atoms with Crippen LogP contribution >= 0.6 is 23.2 Å². The first-order valence-electron chi connectivity index (χ1n) is 6.17. The van der Waals surface area contributed by atoms with Gasteiger partial charge in [-0.15, -0.1) is 0 Å². The van der Waals surface area contributed by atoms with E-state index in [1.807, 2.05) is 0 Å². The molecule has 112 valence electrons. The molecule has 6 heteroatoms. The van der Waals surface area contributed by atoms with E-state index < -0.39 is 5.60 Å². The van der Waals surface area contributed by atoms with Crippen LogP contribution in [-0.2, 0) is 5.60 Å². The minimum absolute atomic E-state index is 0.00398. The Kier molecular flexibility index (Phi) is 6.27.